The van der Waals surface area contributed by atoms with Crippen LogP contribution in [0.25, 0.3) is 0 Å². The largest absolute Gasteiger partial charge is 0.459 e. The summed E-state index contributed by atoms with van der Waals surface area (Å²) in [6.07, 6.45) is -1.76. The Balaban J connectivity index is 1.66. The third-order valence-corrected chi connectivity index (χ3v) is 5.05. The van der Waals surface area contributed by atoms with Crippen LogP contribution >= 0.6 is 0 Å². The van der Waals surface area contributed by atoms with Gasteiger partial charge >= 0.3 is 11.9 Å². The van der Waals surface area contributed by atoms with E-state index in [0.29, 0.717) is 11.1 Å². The number of aryl methyl sites for hydroxylation is 2. The molecule has 1 fully saturated rings. The lowest BCUT2D eigenvalue weighted by atomic mass is 10.0. The van der Waals surface area contributed by atoms with Gasteiger partial charge in [0.1, 0.15) is 18.8 Å². The lowest BCUT2D eigenvalue weighted by Gasteiger charge is -2.21. The van der Waals surface area contributed by atoms with Crippen LogP contribution < -0.4 is 0 Å². The molecule has 0 radical (unpaired) electrons. The Labute approximate surface area is 170 Å². The second-order valence-electron chi connectivity index (χ2n) is 7.34. The van der Waals surface area contributed by atoms with E-state index < -0.39 is 30.4 Å². The van der Waals surface area contributed by atoms with E-state index in [1.165, 1.54) is 7.11 Å². The van der Waals surface area contributed by atoms with Crippen LogP contribution in [0.2, 0.25) is 0 Å². The minimum atomic E-state index is -0.612. The summed E-state index contributed by atoms with van der Waals surface area (Å²) in [6.45, 7) is 5.73. The van der Waals surface area contributed by atoms with Gasteiger partial charge in [0.15, 0.2) is 6.29 Å². The van der Waals surface area contributed by atoms with Crippen molar-refractivity contribution < 1.29 is 28.5 Å². The van der Waals surface area contributed by atoms with E-state index >= 15 is 0 Å². The number of esters is 2. The first-order chi connectivity index (χ1) is 13.9. The average Bonchev–Trinajstić information content (AvgIpc) is 3.02. The van der Waals surface area contributed by atoms with Crippen molar-refractivity contribution in [3.05, 3.63) is 70.8 Å². The predicted octanol–water partition coefficient (Wildman–Crippen LogP) is 3.69. The van der Waals surface area contributed by atoms with Crippen LogP contribution in [0.3, 0.4) is 0 Å². The number of ether oxygens (including phenoxy) is 4. The Morgan fingerprint density at radius 3 is 1.93 bits per heavy atom. The fourth-order valence-corrected chi connectivity index (χ4v) is 3.27. The van der Waals surface area contributed by atoms with E-state index in [1.807, 2.05) is 45.0 Å². The summed E-state index contributed by atoms with van der Waals surface area (Å²) in [5, 5.41) is 0. The maximum Gasteiger partial charge on any atom is 0.338 e. The Kier molecular flexibility index (Phi) is 6.67. The van der Waals surface area contributed by atoms with Gasteiger partial charge in [0, 0.05) is 13.0 Å². The van der Waals surface area contributed by atoms with Gasteiger partial charge in [-0.2, -0.15) is 0 Å². The third-order valence-electron chi connectivity index (χ3n) is 5.05. The van der Waals surface area contributed by atoms with E-state index in [9.17, 15) is 9.59 Å². The first kappa shape index (κ1) is 21.0. The van der Waals surface area contributed by atoms with Crippen molar-refractivity contribution >= 4 is 11.9 Å². The first-order valence-corrected chi connectivity index (χ1v) is 9.58. The Morgan fingerprint density at radius 2 is 1.41 bits per heavy atom. The number of hydrogen-bond donors (Lipinski definition) is 0. The summed E-state index contributed by atoms with van der Waals surface area (Å²) < 4.78 is 22.3. The SMILES string of the molecule is COC1O[C@H](COC(=O)c2ccc(C)cc2)[C@@H](OC(=O)c2ccc(C)cc2)[C@@H]1C. The van der Waals surface area contributed by atoms with Crippen molar-refractivity contribution in [2.45, 2.75) is 39.3 Å². The molecule has 1 aliphatic heterocycles. The van der Waals surface area contributed by atoms with Crippen molar-refractivity contribution in [2.75, 3.05) is 13.7 Å². The molecule has 0 spiro atoms. The van der Waals surface area contributed by atoms with Gasteiger partial charge in [-0.1, -0.05) is 42.3 Å². The first-order valence-electron chi connectivity index (χ1n) is 9.58. The summed E-state index contributed by atoms with van der Waals surface area (Å²) >= 11 is 0. The molecule has 1 heterocycles. The molecule has 0 bridgehead atoms. The smallest absolute Gasteiger partial charge is 0.338 e. The van der Waals surface area contributed by atoms with E-state index in [-0.39, 0.29) is 12.5 Å². The molecule has 1 saturated heterocycles. The molecular weight excluding hydrogens is 372 g/mol. The van der Waals surface area contributed by atoms with Gasteiger partial charge in [-0.15, -0.1) is 0 Å². The molecule has 6 nitrogen and oxygen atoms in total. The normalized spacial score (nSPS) is 23.6. The highest BCUT2D eigenvalue weighted by molar-refractivity contribution is 5.90. The average molecular weight is 398 g/mol. The van der Waals surface area contributed by atoms with E-state index in [4.69, 9.17) is 18.9 Å². The van der Waals surface area contributed by atoms with Gasteiger partial charge in [-0.3, -0.25) is 0 Å². The van der Waals surface area contributed by atoms with Crippen molar-refractivity contribution in [3.63, 3.8) is 0 Å². The van der Waals surface area contributed by atoms with Crippen LogP contribution in [-0.4, -0.2) is 44.2 Å². The molecule has 0 aromatic heterocycles. The van der Waals surface area contributed by atoms with Gasteiger partial charge in [-0.25, -0.2) is 9.59 Å². The van der Waals surface area contributed by atoms with E-state index in [0.717, 1.165) is 11.1 Å². The van der Waals surface area contributed by atoms with E-state index in [1.54, 1.807) is 24.3 Å². The molecule has 29 heavy (non-hydrogen) atoms. The van der Waals surface area contributed by atoms with Crippen LogP contribution in [-0.2, 0) is 18.9 Å². The van der Waals surface area contributed by atoms with Gasteiger partial charge < -0.3 is 18.9 Å². The highest BCUT2D eigenvalue weighted by atomic mass is 16.7. The summed E-state index contributed by atoms with van der Waals surface area (Å²) in [7, 11) is 1.53. The molecule has 1 unspecified atom stereocenters. The van der Waals surface area contributed by atoms with Gasteiger partial charge in [0.05, 0.1) is 11.1 Å². The van der Waals surface area contributed by atoms with Crippen LogP contribution in [0, 0.1) is 19.8 Å². The number of carbonyl (C=O) groups is 2. The molecule has 3 rings (SSSR count). The van der Waals surface area contributed by atoms with Gasteiger partial charge in [0.25, 0.3) is 0 Å². The number of hydrogen-bond acceptors (Lipinski definition) is 6. The molecule has 0 amide bonds. The highest BCUT2D eigenvalue weighted by Crippen LogP contribution is 2.31. The number of methoxy groups -OCH3 is 1. The zero-order valence-electron chi connectivity index (χ0n) is 17.1. The number of rotatable bonds is 6. The number of benzene rings is 2. The summed E-state index contributed by atoms with van der Waals surface area (Å²) in [5.74, 6) is -1.11. The molecule has 2 aromatic carbocycles. The molecule has 1 aliphatic rings. The second-order valence-corrected chi connectivity index (χ2v) is 7.34. The lowest BCUT2D eigenvalue weighted by Crippen LogP contribution is -2.35. The van der Waals surface area contributed by atoms with Crippen molar-refractivity contribution in [1.29, 1.82) is 0 Å². The summed E-state index contributed by atoms with van der Waals surface area (Å²) in [6, 6.07) is 14.3. The molecule has 6 heteroatoms. The predicted molar refractivity (Wildman–Crippen MR) is 107 cm³/mol. The minimum absolute atomic E-state index is 0.0389. The van der Waals surface area contributed by atoms with Crippen molar-refractivity contribution in [2.24, 2.45) is 5.92 Å². The molecule has 0 N–H and O–H groups in total. The molecule has 154 valence electrons. The van der Waals surface area contributed by atoms with Gasteiger partial charge in [0.2, 0.25) is 0 Å². The van der Waals surface area contributed by atoms with Gasteiger partial charge in [-0.05, 0) is 38.1 Å². The molecule has 0 saturated carbocycles. The van der Waals surface area contributed by atoms with Crippen LogP contribution in [0.1, 0.15) is 38.8 Å². The third kappa shape index (κ3) is 5.02. The van der Waals surface area contributed by atoms with Crippen molar-refractivity contribution in [1.82, 2.24) is 0 Å². The Morgan fingerprint density at radius 1 is 0.897 bits per heavy atom. The van der Waals surface area contributed by atoms with E-state index in [2.05, 4.69) is 0 Å². The Hall–Kier alpha value is -2.70. The standard InChI is InChI=1S/C23H26O6/c1-14-5-9-17(10-6-14)21(24)27-13-19-20(16(3)23(26-4)28-19)29-22(25)18-11-7-15(2)8-12-18/h5-12,16,19-20,23H,13H2,1-4H3/t16-,19+,20-,23?/m0/s1. The Bertz CT molecular complexity index is 843. The maximum absolute atomic E-state index is 12.6. The maximum atomic E-state index is 12.6. The zero-order valence-corrected chi connectivity index (χ0v) is 17.1. The van der Waals surface area contributed by atoms with Crippen molar-refractivity contribution in [3.8, 4) is 0 Å². The van der Waals surface area contributed by atoms with Crippen LogP contribution in [0.5, 0.6) is 0 Å². The quantitative estimate of drug-likeness (QED) is 0.691. The summed E-state index contributed by atoms with van der Waals surface area (Å²) in [4.78, 5) is 24.9. The second kappa shape index (κ2) is 9.20. The molecule has 0 aliphatic carbocycles. The van der Waals surface area contributed by atoms with Crippen LogP contribution in [0.4, 0.5) is 0 Å². The fraction of sp³-hybridized carbons (Fsp3) is 0.391. The molecular formula is C23H26O6. The summed E-state index contributed by atoms with van der Waals surface area (Å²) in [5.41, 5.74) is 3.03. The topological polar surface area (TPSA) is 71.1 Å². The zero-order chi connectivity index (χ0) is 21.0. The fourth-order valence-electron chi connectivity index (χ4n) is 3.27. The highest BCUT2D eigenvalue weighted by Gasteiger charge is 2.45. The number of carbonyl (C=O) groups excluding carboxylic acids is 2. The molecule has 2 aromatic rings. The van der Waals surface area contributed by atoms with Crippen LogP contribution in [0.15, 0.2) is 48.5 Å². The lowest BCUT2D eigenvalue weighted by molar-refractivity contribution is -0.137. The molecule has 4 atom stereocenters. The monoisotopic (exact) mass is 398 g/mol. The minimum Gasteiger partial charge on any atom is -0.459 e.